The molecule has 2 rings (SSSR count). The van der Waals surface area contributed by atoms with Gasteiger partial charge in [0.05, 0.1) is 10.9 Å². The highest BCUT2D eigenvalue weighted by molar-refractivity contribution is 8.00. The fraction of sp³-hybridized carbons (Fsp3) is 0.111. The summed E-state index contributed by atoms with van der Waals surface area (Å²) < 4.78 is 0. The van der Waals surface area contributed by atoms with Crippen LogP contribution in [0.1, 0.15) is 13.3 Å². The van der Waals surface area contributed by atoms with Crippen LogP contribution in [0.25, 0.3) is 0 Å². The second-order valence-corrected chi connectivity index (χ2v) is 6.18. The number of allylic oxidation sites excluding steroid dienone is 2. The first-order valence-electron chi connectivity index (χ1n) is 6.53. The van der Waals surface area contributed by atoms with Crippen molar-refractivity contribution in [3.63, 3.8) is 0 Å². The van der Waals surface area contributed by atoms with Crippen molar-refractivity contribution >= 4 is 10.9 Å². The van der Waals surface area contributed by atoms with E-state index in [0.717, 1.165) is 6.42 Å². The Morgan fingerprint density at radius 3 is 1.79 bits per heavy atom. The van der Waals surface area contributed by atoms with Crippen molar-refractivity contribution in [1.29, 1.82) is 0 Å². The zero-order valence-corrected chi connectivity index (χ0v) is 12.1. The molecule has 0 nitrogen and oxygen atoms in total. The van der Waals surface area contributed by atoms with Crippen LogP contribution < -0.4 is 0 Å². The van der Waals surface area contributed by atoms with E-state index in [-0.39, 0.29) is 10.9 Å². The van der Waals surface area contributed by atoms with E-state index in [0.29, 0.717) is 0 Å². The fourth-order valence-corrected chi connectivity index (χ4v) is 4.15. The quantitative estimate of drug-likeness (QED) is 0.516. The maximum absolute atomic E-state index is 3.99. The van der Waals surface area contributed by atoms with E-state index >= 15 is 0 Å². The molecule has 1 heteroatoms. The molecule has 0 aliphatic heterocycles. The summed E-state index contributed by atoms with van der Waals surface area (Å²) in [6.45, 7) is 6.16. The third kappa shape index (κ3) is 3.39. The van der Waals surface area contributed by atoms with Gasteiger partial charge < -0.3 is 0 Å². The molecule has 0 radical (unpaired) electrons. The molecular weight excluding hydrogens is 248 g/mol. The number of rotatable bonds is 5. The summed E-state index contributed by atoms with van der Waals surface area (Å²) in [5.41, 5.74) is 0. The van der Waals surface area contributed by atoms with Gasteiger partial charge in [0.15, 0.2) is 14.7 Å². The van der Waals surface area contributed by atoms with Gasteiger partial charge in [-0.1, -0.05) is 49.9 Å². The van der Waals surface area contributed by atoms with Gasteiger partial charge in [0.25, 0.3) is 0 Å². The predicted molar refractivity (Wildman–Crippen MR) is 85.4 cm³/mol. The first-order chi connectivity index (χ1) is 9.36. The molecule has 0 N–H and O–H groups in total. The largest absolute Gasteiger partial charge is 0.166 e. The van der Waals surface area contributed by atoms with Crippen molar-refractivity contribution < 1.29 is 0 Å². The molecule has 96 valence electrons. The average Bonchev–Trinajstić information content (AvgIpc) is 2.49. The lowest BCUT2D eigenvalue weighted by atomic mass is 10.4. The molecule has 0 saturated carbocycles. The van der Waals surface area contributed by atoms with E-state index in [9.17, 15) is 0 Å². The summed E-state index contributed by atoms with van der Waals surface area (Å²) in [4.78, 5) is 3.99. The molecule has 0 heterocycles. The van der Waals surface area contributed by atoms with Crippen molar-refractivity contribution in [2.45, 2.75) is 23.1 Å². The first kappa shape index (κ1) is 13.7. The average molecular weight is 267 g/mol. The Morgan fingerprint density at radius 2 is 1.42 bits per heavy atom. The molecule has 0 spiro atoms. The van der Waals surface area contributed by atoms with E-state index in [2.05, 4.69) is 80.2 Å². The monoisotopic (exact) mass is 267 g/mol. The highest BCUT2D eigenvalue weighted by Crippen LogP contribution is 2.30. The van der Waals surface area contributed by atoms with Crippen LogP contribution in [-0.4, -0.2) is 0 Å². The minimum atomic E-state index is -0.0459. The molecule has 0 aliphatic carbocycles. The normalized spacial score (nSPS) is 11.6. The highest BCUT2D eigenvalue weighted by Gasteiger charge is 2.28. The summed E-state index contributed by atoms with van der Waals surface area (Å²) in [5.74, 6) is 0. The van der Waals surface area contributed by atoms with Crippen molar-refractivity contribution in [2.75, 3.05) is 0 Å². The molecule has 0 saturated heterocycles. The summed E-state index contributed by atoms with van der Waals surface area (Å²) in [6.07, 6.45) is 5.30. The Balaban J connectivity index is 2.51. The zero-order chi connectivity index (χ0) is 13.5. The Kier molecular flexibility index (Phi) is 5.05. The van der Waals surface area contributed by atoms with E-state index in [1.165, 1.54) is 14.7 Å². The molecular formula is C18H19S+. The number of benzene rings is 2. The summed E-state index contributed by atoms with van der Waals surface area (Å²) in [7, 11) is -0.0459. The van der Waals surface area contributed by atoms with Crippen LogP contribution >= 0.6 is 0 Å². The predicted octanol–water partition coefficient (Wildman–Crippen LogP) is 5.20. The summed E-state index contributed by atoms with van der Waals surface area (Å²) in [5, 5.41) is 0. The van der Waals surface area contributed by atoms with Crippen molar-refractivity contribution in [3.05, 3.63) is 84.3 Å². The maximum Gasteiger partial charge on any atom is 0.166 e. The molecule has 0 unspecified atom stereocenters. The summed E-state index contributed by atoms with van der Waals surface area (Å²) in [6, 6.07) is 21.3. The summed E-state index contributed by atoms with van der Waals surface area (Å²) >= 11 is 0. The van der Waals surface area contributed by atoms with Gasteiger partial charge in [0.1, 0.15) is 0 Å². The first-order valence-corrected chi connectivity index (χ1v) is 7.76. The van der Waals surface area contributed by atoms with Gasteiger partial charge in [-0.3, -0.25) is 0 Å². The van der Waals surface area contributed by atoms with E-state index < -0.39 is 0 Å². The van der Waals surface area contributed by atoms with Crippen LogP contribution in [0.2, 0.25) is 0 Å². The molecule has 2 aromatic carbocycles. The van der Waals surface area contributed by atoms with Crippen molar-refractivity contribution in [1.82, 2.24) is 0 Å². The van der Waals surface area contributed by atoms with E-state index in [1.54, 1.807) is 0 Å². The Bertz CT molecular complexity index is 501. The third-order valence-electron chi connectivity index (χ3n) is 2.80. The van der Waals surface area contributed by atoms with Gasteiger partial charge >= 0.3 is 0 Å². The van der Waals surface area contributed by atoms with Crippen molar-refractivity contribution in [2.24, 2.45) is 0 Å². The van der Waals surface area contributed by atoms with Crippen LogP contribution in [0.3, 0.4) is 0 Å². The van der Waals surface area contributed by atoms with Crippen LogP contribution in [0.5, 0.6) is 0 Å². The van der Waals surface area contributed by atoms with Crippen LogP contribution in [0.4, 0.5) is 0 Å². The Labute approximate surface area is 118 Å². The van der Waals surface area contributed by atoms with Gasteiger partial charge in [-0.25, -0.2) is 0 Å². The number of hydrogen-bond acceptors (Lipinski definition) is 0. The molecule has 0 atom stereocenters. The molecule has 0 amide bonds. The topological polar surface area (TPSA) is 0 Å². The Hall–Kier alpha value is -1.73. The van der Waals surface area contributed by atoms with E-state index in [1.807, 2.05) is 6.08 Å². The molecule has 0 aliphatic rings. The van der Waals surface area contributed by atoms with Crippen LogP contribution in [-0.2, 0) is 10.9 Å². The smallest absolute Gasteiger partial charge is 0.0941 e. The van der Waals surface area contributed by atoms with Gasteiger partial charge in [-0.2, -0.15) is 0 Å². The Morgan fingerprint density at radius 1 is 0.947 bits per heavy atom. The van der Waals surface area contributed by atoms with Crippen LogP contribution in [0.15, 0.2) is 94.1 Å². The lowest BCUT2D eigenvalue weighted by Gasteiger charge is -2.08. The van der Waals surface area contributed by atoms with Gasteiger partial charge in [0, 0.05) is 0 Å². The fourth-order valence-electron chi connectivity index (χ4n) is 1.97. The van der Waals surface area contributed by atoms with E-state index in [4.69, 9.17) is 0 Å². The lowest BCUT2D eigenvalue weighted by molar-refractivity contribution is 1.22. The standard InChI is InChI=1S/C18H19S/c1-3-11-16(4-2)19(17-12-7-5-8-13-17)18-14-9-6-10-15-18/h4-15H,2-3H2,1H3/q+1/b16-11+. The molecule has 0 bridgehead atoms. The van der Waals surface area contributed by atoms with Crippen LogP contribution in [0, 0.1) is 0 Å². The minimum absolute atomic E-state index is 0.0459. The molecule has 19 heavy (non-hydrogen) atoms. The molecule has 2 aromatic rings. The maximum atomic E-state index is 3.99. The van der Waals surface area contributed by atoms with Gasteiger partial charge in [-0.15, -0.1) is 0 Å². The minimum Gasteiger partial charge on any atom is -0.0941 e. The third-order valence-corrected chi connectivity index (χ3v) is 5.09. The van der Waals surface area contributed by atoms with Crippen molar-refractivity contribution in [3.8, 4) is 0 Å². The van der Waals surface area contributed by atoms with Gasteiger partial charge in [-0.05, 0) is 42.8 Å². The second-order valence-electron chi connectivity index (χ2n) is 4.15. The zero-order valence-electron chi connectivity index (χ0n) is 11.3. The highest BCUT2D eigenvalue weighted by atomic mass is 32.2. The second kappa shape index (κ2) is 7.01. The SMILES string of the molecule is C=C/C(=C\CC)[S+](c1ccccc1)c1ccccc1. The van der Waals surface area contributed by atoms with Gasteiger partial charge in [0.2, 0.25) is 0 Å². The molecule has 0 fully saturated rings. The number of hydrogen-bond donors (Lipinski definition) is 0. The lowest BCUT2D eigenvalue weighted by Crippen LogP contribution is -2.05. The molecule has 0 aromatic heterocycles.